The summed E-state index contributed by atoms with van der Waals surface area (Å²) >= 11 is 5.78. The van der Waals surface area contributed by atoms with E-state index in [4.69, 9.17) is 17.3 Å². The van der Waals surface area contributed by atoms with Crippen molar-refractivity contribution in [3.05, 3.63) is 22.8 Å². The van der Waals surface area contributed by atoms with E-state index in [0.29, 0.717) is 6.54 Å². The number of hydrogen-bond donors (Lipinski definition) is 2. The second-order valence-electron chi connectivity index (χ2n) is 4.28. The third kappa shape index (κ3) is 3.74. The largest absolute Gasteiger partial charge is 0.417 e. The average molecular weight is 282 g/mol. The lowest BCUT2D eigenvalue weighted by atomic mass is 10.0. The van der Waals surface area contributed by atoms with Crippen molar-refractivity contribution in [2.75, 3.05) is 11.9 Å². The van der Waals surface area contributed by atoms with Crippen LogP contribution < -0.4 is 11.1 Å². The van der Waals surface area contributed by atoms with E-state index in [1.807, 2.05) is 13.8 Å². The Morgan fingerprint density at radius 1 is 1.44 bits per heavy atom. The molecule has 0 aromatic carbocycles. The Bertz CT molecular complexity index is 407. The van der Waals surface area contributed by atoms with E-state index in [-0.39, 0.29) is 22.8 Å². The summed E-state index contributed by atoms with van der Waals surface area (Å²) in [6.45, 7) is 4.24. The number of pyridine rings is 1. The number of alkyl halides is 3. The SMILES string of the molecule is CC(C)C(CN)Nc1ncc(C(F)(F)F)cc1Cl. The molecule has 102 valence electrons. The van der Waals surface area contributed by atoms with Gasteiger partial charge in [0.15, 0.2) is 0 Å². The maximum atomic E-state index is 12.4. The molecule has 1 atom stereocenters. The van der Waals surface area contributed by atoms with Crippen LogP contribution in [0.3, 0.4) is 0 Å². The molecule has 3 nitrogen and oxygen atoms in total. The van der Waals surface area contributed by atoms with Crippen LogP contribution in [0.1, 0.15) is 19.4 Å². The molecule has 0 saturated carbocycles. The lowest BCUT2D eigenvalue weighted by molar-refractivity contribution is -0.137. The molecule has 0 spiro atoms. The van der Waals surface area contributed by atoms with E-state index in [1.54, 1.807) is 0 Å². The first-order valence-electron chi connectivity index (χ1n) is 5.45. The molecule has 0 aliphatic heterocycles. The summed E-state index contributed by atoms with van der Waals surface area (Å²) in [5, 5.41) is 2.87. The van der Waals surface area contributed by atoms with Crippen LogP contribution in [0.5, 0.6) is 0 Å². The van der Waals surface area contributed by atoms with E-state index >= 15 is 0 Å². The Kier molecular flexibility index (Phi) is 4.81. The van der Waals surface area contributed by atoms with Gasteiger partial charge < -0.3 is 11.1 Å². The molecule has 0 aliphatic carbocycles. The zero-order chi connectivity index (χ0) is 13.9. The summed E-state index contributed by atoms with van der Waals surface area (Å²) in [7, 11) is 0. The molecule has 1 rings (SSSR count). The number of anilines is 1. The van der Waals surface area contributed by atoms with Crippen molar-refractivity contribution in [2.45, 2.75) is 26.1 Å². The molecule has 18 heavy (non-hydrogen) atoms. The van der Waals surface area contributed by atoms with Gasteiger partial charge in [0.2, 0.25) is 0 Å². The van der Waals surface area contributed by atoms with Gasteiger partial charge in [-0.1, -0.05) is 25.4 Å². The van der Waals surface area contributed by atoms with Crippen molar-refractivity contribution >= 4 is 17.4 Å². The topological polar surface area (TPSA) is 50.9 Å². The molecular weight excluding hydrogens is 267 g/mol. The summed E-state index contributed by atoms with van der Waals surface area (Å²) in [6.07, 6.45) is -3.69. The average Bonchev–Trinajstić information content (AvgIpc) is 2.25. The van der Waals surface area contributed by atoms with Gasteiger partial charge in [-0.2, -0.15) is 13.2 Å². The molecule has 1 unspecified atom stereocenters. The molecule has 7 heteroatoms. The summed E-state index contributed by atoms with van der Waals surface area (Å²) < 4.78 is 37.3. The third-order valence-corrected chi connectivity index (χ3v) is 2.84. The lowest BCUT2D eigenvalue weighted by Crippen LogP contribution is -2.34. The van der Waals surface area contributed by atoms with Gasteiger partial charge in [0.1, 0.15) is 5.82 Å². The first-order chi connectivity index (χ1) is 8.25. The molecule has 0 radical (unpaired) electrons. The Labute approximate surface area is 109 Å². The highest BCUT2D eigenvalue weighted by Gasteiger charge is 2.31. The maximum absolute atomic E-state index is 12.4. The summed E-state index contributed by atoms with van der Waals surface area (Å²) in [5.74, 6) is 0.434. The smallest absolute Gasteiger partial charge is 0.365 e. The van der Waals surface area contributed by atoms with Gasteiger partial charge in [0.05, 0.1) is 10.6 Å². The first kappa shape index (κ1) is 15.0. The van der Waals surface area contributed by atoms with Crippen LogP contribution in [0.4, 0.5) is 19.0 Å². The number of hydrogen-bond acceptors (Lipinski definition) is 3. The quantitative estimate of drug-likeness (QED) is 0.891. The van der Waals surface area contributed by atoms with Crippen molar-refractivity contribution < 1.29 is 13.2 Å². The number of aromatic nitrogens is 1. The van der Waals surface area contributed by atoms with Crippen LogP contribution >= 0.6 is 11.6 Å². The van der Waals surface area contributed by atoms with Crippen LogP contribution in [-0.2, 0) is 6.18 Å². The Balaban J connectivity index is 2.93. The van der Waals surface area contributed by atoms with Crippen LogP contribution in [0.15, 0.2) is 12.3 Å². The lowest BCUT2D eigenvalue weighted by Gasteiger charge is -2.22. The van der Waals surface area contributed by atoms with Gasteiger partial charge in [-0.05, 0) is 12.0 Å². The van der Waals surface area contributed by atoms with Gasteiger partial charge in [0.25, 0.3) is 0 Å². The van der Waals surface area contributed by atoms with Crippen LogP contribution in [0.25, 0.3) is 0 Å². The van der Waals surface area contributed by atoms with Crippen LogP contribution in [0.2, 0.25) is 5.02 Å². The Morgan fingerprint density at radius 3 is 2.44 bits per heavy atom. The van der Waals surface area contributed by atoms with Crippen molar-refractivity contribution in [3.63, 3.8) is 0 Å². The summed E-state index contributed by atoms with van der Waals surface area (Å²) in [4.78, 5) is 3.70. The normalized spacial score (nSPS) is 13.8. The van der Waals surface area contributed by atoms with Gasteiger partial charge >= 0.3 is 6.18 Å². The van der Waals surface area contributed by atoms with Gasteiger partial charge in [-0.25, -0.2) is 4.98 Å². The zero-order valence-electron chi connectivity index (χ0n) is 10.1. The van der Waals surface area contributed by atoms with Crippen molar-refractivity contribution in [1.82, 2.24) is 4.98 Å². The van der Waals surface area contributed by atoms with E-state index < -0.39 is 11.7 Å². The number of halogens is 4. The summed E-state index contributed by atoms with van der Waals surface area (Å²) in [6, 6.07) is 0.761. The molecule has 1 heterocycles. The molecule has 3 N–H and O–H groups in total. The summed E-state index contributed by atoms with van der Waals surface area (Å²) in [5.41, 5.74) is 4.69. The highest BCUT2D eigenvalue weighted by Crippen LogP contribution is 2.32. The second-order valence-corrected chi connectivity index (χ2v) is 4.69. The fourth-order valence-electron chi connectivity index (χ4n) is 1.37. The predicted molar refractivity (Wildman–Crippen MR) is 65.6 cm³/mol. The Morgan fingerprint density at radius 2 is 2.06 bits per heavy atom. The minimum atomic E-state index is -4.44. The van der Waals surface area contributed by atoms with E-state index in [2.05, 4.69) is 10.3 Å². The standard InChI is InChI=1S/C11H15ClF3N3/c1-6(2)9(4-16)18-10-8(12)3-7(5-17-10)11(13,14)15/h3,5-6,9H,4,16H2,1-2H3,(H,17,18). The molecule has 0 bridgehead atoms. The molecule has 1 aromatic heterocycles. The molecule has 1 aromatic rings. The van der Waals surface area contributed by atoms with Gasteiger partial charge in [-0.3, -0.25) is 0 Å². The maximum Gasteiger partial charge on any atom is 0.417 e. The third-order valence-electron chi connectivity index (χ3n) is 2.55. The highest BCUT2D eigenvalue weighted by atomic mass is 35.5. The zero-order valence-corrected chi connectivity index (χ0v) is 10.8. The molecule has 0 fully saturated rings. The second kappa shape index (κ2) is 5.75. The fraction of sp³-hybridized carbons (Fsp3) is 0.545. The number of nitrogens with zero attached hydrogens (tertiary/aromatic N) is 1. The van der Waals surface area contributed by atoms with Gasteiger partial charge in [-0.15, -0.1) is 0 Å². The minimum Gasteiger partial charge on any atom is -0.365 e. The predicted octanol–water partition coefficient (Wildman–Crippen LogP) is 3.15. The van der Waals surface area contributed by atoms with Crippen LogP contribution in [-0.4, -0.2) is 17.6 Å². The molecular formula is C11H15ClF3N3. The van der Waals surface area contributed by atoms with E-state index in [9.17, 15) is 13.2 Å². The molecule has 0 amide bonds. The van der Waals surface area contributed by atoms with Gasteiger partial charge in [0, 0.05) is 18.8 Å². The molecule has 0 aliphatic rings. The van der Waals surface area contributed by atoms with Crippen LogP contribution in [0, 0.1) is 5.92 Å². The Hall–Kier alpha value is -1.01. The number of nitrogens with two attached hydrogens (primary N) is 1. The fourth-order valence-corrected chi connectivity index (χ4v) is 1.59. The first-order valence-corrected chi connectivity index (χ1v) is 5.82. The molecule has 0 saturated heterocycles. The van der Waals surface area contributed by atoms with Crippen molar-refractivity contribution in [3.8, 4) is 0 Å². The van der Waals surface area contributed by atoms with Crippen molar-refractivity contribution in [1.29, 1.82) is 0 Å². The van der Waals surface area contributed by atoms with E-state index in [1.165, 1.54) is 0 Å². The van der Waals surface area contributed by atoms with Crippen molar-refractivity contribution in [2.24, 2.45) is 11.7 Å². The monoisotopic (exact) mass is 281 g/mol. The number of nitrogens with one attached hydrogen (secondary N) is 1. The van der Waals surface area contributed by atoms with E-state index in [0.717, 1.165) is 12.3 Å². The minimum absolute atomic E-state index is 0.0658. The number of rotatable bonds is 4. The highest BCUT2D eigenvalue weighted by molar-refractivity contribution is 6.33.